The normalized spacial score (nSPS) is 12.6. The average Bonchev–Trinajstić information content (AvgIpc) is 2.88. The summed E-state index contributed by atoms with van der Waals surface area (Å²) in [5.41, 5.74) is 7.49. The van der Waals surface area contributed by atoms with Gasteiger partial charge >= 0.3 is 0 Å². The highest BCUT2D eigenvalue weighted by atomic mass is 32.2. The molecule has 1 atom stereocenters. The topological polar surface area (TPSA) is 43.8 Å². The Kier molecular flexibility index (Phi) is 5.68. The number of aryl methyl sites for hydroxylation is 1. The van der Waals surface area contributed by atoms with Crippen molar-refractivity contribution in [3.8, 4) is 0 Å². The van der Waals surface area contributed by atoms with Gasteiger partial charge in [-0.15, -0.1) is 11.8 Å². The van der Waals surface area contributed by atoms with Crippen LogP contribution >= 0.6 is 11.8 Å². The zero-order chi connectivity index (χ0) is 14.4. The van der Waals surface area contributed by atoms with Crippen LogP contribution in [-0.2, 0) is 13.0 Å². The Hall–Kier alpha value is -1.26. The summed E-state index contributed by atoms with van der Waals surface area (Å²) in [6, 6.07) is 8.59. The standard InChI is InChI=1S/C16H23N3S/c1-3-10-19-11-9-18-16(19)12-15(17)13-5-7-14(8-6-13)20-4-2/h5-9,11,15H,3-4,10,12,17H2,1-2H3. The van der Waals surface area contributed by atoms with Crippen molar-refractivity contribution < 1.29 is 0 Å². The molecular weight excluding hydrogens is 266 g/mol. The molecule has 3 nitrogen and oxygen atoms in total. The van der Waals surface area contributed by atoms with Gasteiger partial charge < -0.3 is 10.3 Å². The lowest BCUT2D eigenvalue weighted by atomic mass is 10.0. The Labute approximate surface area is 125 Å². The van der Waals surface area contributed by atoms with Crippen LogP contribution < -0.4 is 5.73 Å². The molecular formula is C16H23N3S. The van der Waals surface area contributed by atoms with E-state index >= 15 is 0 Å². The van der Waals surface area contributed by atoms with Gasteiger partial charge in [-0.2, -0.15) is 0 Å². The second-order valence-electron chi connectivity index (χ2n) is 4.85. The fraction of sp³-hybridized carbons (Fsp3) is 0.438. The molecule has 2 N–H and O–H groups in total. The number of aromatic nitrogens is 2. The second kappa shape index (κ2) is 7.50. The SMILES string of the molecule is CCCn1ccnc1CC(N)c1ccc(SCC)cc1. The van der Waals surface area contributed by atoms with Gasteiger partial charge in [-0.25, -0.2) is 4.98 Å². The van der Waals surface area contributed by atoms with E-state index in [-0.39, 0.29) is 6.04 Å². The molecule has 0 bridgehead atoms. The summed E-state index contributed by atoms with van der Waals surface area (Å²) >= 11 is 1.85. The second-order valence-corrected chi connectivity index (χ2v) is 6.19. The molecule has 108 valence electrons. The van der Waals surface area contributed by atoms with E-state index in [1.165, 1.54) is 10.5 Å². The van der Waals surface area contributed by atoms with Crippen molar-refractivity contribution >= 4 is 11.8 Å². The Morgan fingerprint density at radius 3 is 2.65 bits per heavy atom. The lowest BCUT2D eigenvalue weighted by Gasteiger charge is -2.13. The molecule has 1 heterocycles. The number of hydrogen-bond acceptors (Lipinski definition) is 3. The number of rotatable bonds is 7. The monoisotopic (exact) mass is 289 g/mol. The van der Waals surface area contributed by atoms with Gasteiger partial charge in [0.1, 0.15) is 5.82 Å². The van der Waals surface area contributed by atoms with Crippen LogP contribution in [-0.4, -0.2) is 15.3 Å². The zero-order valence-corrected chi connectivity index (χ0v) is 13.1. The summed E-state index contributed by atoms with van der Waals surface area (Å²) in [5.74, 6) is 2.17. The Morgan fingerprint density at radius 1 is 1.25 bits per heavy atom. The van der Waals surface area contributed by atoms with Gasteiger partial charge in [0, 0.05) is 36.3 Å². The highest BCUT2D eigenvalue weighted by Crippen LogP contribution is 2.21. The highest BCUT2D eigenvalue weighted by molar-refractivity contribution is 7.99. The molecule has 0 aliphatic carbocycles. The van der Waals surface area contributed by atoms with Crippen LogP contribution in [0.2, 0.25) is 0 Å². The van der Waals surface area contributed by atoms with E-state index in [2.05, 4.69) is 47.7 Å². The number of nitrogens with zero attached hydrogens (tertiary/aromatic N) is 2. The first-order chi connectivity index (χ1) is 9.74. The van der Waals surface area contributed by atoms with Gasteiger partial charge in [0.15, 0.2) is 0 Å². The molecule has 0 radical (unpaired) electrons. The van der Waals surface area contributed by atoms with E-state index < -0.39 is 0 Å². The number of hydrogen-bond donors (Lipinski definition) is 1. The zero-order valence-electron chi connectivity index (χ0n) is 12.2. The van der Waals surface area contributed by atoms with Crippen molar-refractivity contribution in [2.45, 2.75) is 44.2 Å². The number of nitrogens with two attached hydrogens (primary N) is 1. The van der Waals surface area contributed by atoms with Crippen molar-refractivity contribution in [2.24, 2.45) is 5.73 Å². The summed E-state index contributed by atoms with van der Waals surface area (Å²) < 4.78 is 2.20. The van der Waals surface area contributed by atoms with Crippen molar-refractivity contribution in [1.29, 1.82) is 0 Å². The van der Waals surface area contributed by atoms with Crippen LogP contribution in [0.1, 0.15) is 37.7 Å². The van der Waals surface area contributed by atoms with Crippen molar-refractivity contribution in [1.82, 2.24) is 9.55 Å². The summed E-state index contributed by atoms with van der Waals surface area (Å²) in [7, 11) is 0. The van der Waals surface area contributed by atoms with E-state index in [4.69, 9.17) is 5.73 Å². The molecule has 0 aliphatic rings. The van der Waals surface area contributed by atoms with Crippen LogP contribution in [0.5, 0.6) is 0 Å². The maximum Gasteiger partial charge on any atom is 0.110 e. The minimum Gasteiger partial charge on any atom is -0.335 e. The van der Waals surface area contributed by atoms with Gasteiger partial charge in [0.05, 0.1) is 0 Å². The third-order valence-electron chi connectivity index (χ3n) is 3.29. The molecule has 1 aromatic carbocycles. The molecule has 1 unspecified atom stereocenters. The Morgan fingerprint density at radius 2 is 2.00 bits per heavy atom. The molecule has 4 heteroatoms. The fourth-order valence-corrected chi connectivity index (χ4v) is 2.93. The fourth-order valence-electron chi connectivity index (χ4n) is 2.27. The van der Waals surface area contributed by atoms with Crippen molar-refractivity contribution in [3.05, 3.63) is 48.0 Å². The number of imidazole rings is 1. The highest BCUT2D eigenvalue weighted by Gasteiger charge is 2.11. The van der Waals surface area contributed by atoms with E-state index in [0.717, 1.165) is 31.0 Å². The van der Waals surface area contributed by atoms with Gasteiger partial charge in [-0.05, 0) is 29.9 Å². The molecule has 0 saturated heterocycles. The van der Waals surface area contributed by atoms with Crippen LogP contribution in [0.15, 0.2) is 41.6 Å². The van der Waals surface area contributed by atoms with E-state index in [0.29, 0.717) is 0 Å². The molecule has 2 rings (SSSR count). The molecule has 2 aromatic rings. The molecule has 20 heavy (non-hydrogen) atoms. The van der Waals surface area contributed by atoms with E-state index in [1.807, 2.05) is 24.2 Å². The van der Waals surface area contributed by atoms with E-state index in [9.17, 15) is 0 Å². The quantitative estimate of drug-likeness (QED) is 0.791. The number of benzene rings is 1. The Bertz CT molecular complexity index is 519. The largest absolute Gasteiger partial charge is 0.335 e. The van der Waals surface area contributed by atoms with Crippen LogP contribution in [0.4, 0.5) is 0 Å². The first-order valence-corrected chi connectivity index (χ1v) is 8.21. The average molecular weight is 289 g/mol. The van der Waals surface area contributed by atoms with Crippen LogP contribution in [0, 0.1) is 0 Å². The van der Waals surface area contributed by atoms with Crippen LogP contribution in [0.3, 0.4) is 0 Å². The minimum absolute atomic E-state index is 0.00804. The van der Waals surface area contributed by atoms with Gasteiger partial charge in [-0.1, -0.05) is 26.0 Å². The smallest absolute Gasteiger partial charge is 0.110 e. The molecule has 0 amide bonds. The minimum atomic E-state index is 0.00804. The maximum absolute atomic E-state index is 6.32. The lowest BCUT2D eigenvalue weighted by molar-refractivity contribution is 0.598. The Balaban J connectivity index is 2.03. The summed E-state index contributed by atoms with van der Waals surface area (Å²) in [6.45, 7) is 5.35. The first-order valence-electron chi connectivity index (χ1n) is 7.23. The van der Waals surface area contributed by atoms with Crippen molar-refractivity contribution in [3.63, 3.8) is 0 Å². The molecule has 0 fully saturated rings. The first kappa shape index (κ1) is 15.1. The van der Waals surface area contributed by atoms with Gasteiger partial charge in [0.25, 0.3) is 0 Å². The molecule has 0 saturated carbocycles. The predicted molar refractivity (Wildman–Crippen MR) is 86.0 cm³/mol. The molecule has 0 spiro atoms. The molecule has 0 aliphatic heterocycles. The third kappa shape index (κ3) is 3.87. The van der Waals surface area contributed by atoms with Gasteiger partial charge in [-0.3, -0.25) is 0 Å². The van der Waals surface area contributed by atoms with Crippen molar-refractivity contribution in [2.75, 3.05) is 5.75 Å². The summed E-state index contributed by atoms with van der Waals surface area (Å²) in [5, 5.41) is 0. The summed E-state index contributed by atoms with van der Waals surface area (Å²) in [4.78, 5) is 5.73. The predicted octanol–water partition coefficient (Wildman–Crippen LogP) is 3.65. The maximum atomic E-state index is 6.32. The third-order valence-corrected chi connectivity index (χ3v) is 4.18. The summed E-state index contributed by atoms with van der Waals surface area (Å²) in [6.07, 6.45) is 5.79. The van der Waals surface area contributed by atoms with Gasteiger partial charge in [0.2, 0.25) is 0 Å². The number of thioether (sulfide) groups is 1. The van der Waals surface area contributed by atoms with Crippen LogP contribution in [0.25, 0.3) is 0 Å². The van der Waals surface area contributed by atoms with E-state index in [1.54, 1.807) is 0 Å². The lowest BCUT2D eigenvalue weighted by Crippen LogP contribution is -2.16. The molecule has 1 aromatic heterocycles.